The molecule has 2 N–H and O–H groups in total. The highest BCUT2D eigenvalue weighted by molar-refractivity contribution is 7.18. The molecule has 1 fully saturated rings. The Morgan fingerprint density at radius 1 is 1.42 bits per heavy atom. The smallest absolute Gasteiger partial charge is 0.222 e. The fourth-order valence-electron chi connectivity index (χ4n) is 3.19. The van der Waals surface area contributed by atoms with Gasteiger partial charge in [-0.2, -0.15) is 0 Å². The Morgan fingerprint density at radius 2 is 2.27 bits per heavy atom. The van der Waals surface area contributed by atoms with Crippen LogP contribution in [0, 0.1) is 0 Å². The topological polar surface area (TPSA) is 69.6 Å². The number of carbonyl (C=O) groups is 1. The Kier molecular flexibility index (Phi) is 6.44. The van der Waals surface area contributed by atoms with Crippen molar-refractivity contribution in [1.29, 1.82) is 0 Å². The molecule has 1 aromatic carbocycles. The number of hydrogen-bond donors (Lipinski definition) is 2. The van der Waals surface area contributed by atoms with Crippen molar-refractivity contribution in [3.8, 4) is 0 Å². The number of nitrogens with zero attached hydrogens (tertiary/aromatic N) is 3. The Bertz CT molecular complexity index is 739. The van der Waals surface area contributed by atoms with Crippen LogP contribution in [0.15, 0.2) is 29.3 Å². The number of thiazole rings is 1. The van der Waals surface area contributed by atoms with Crippen LogP contribution in [-0.2, 0) is 11.2 Å². The van der Waals surface area contributed by atoms with Crippen LogP contribution in [0.25, 0.3) is 10.2 Å². The molecule has 1 amide bonds. The summed E-state index contributed by atoms with van der Waals surface area (Å²) in [5, 5.41) is 7.98. The molecule has 0 spiro atoms. The third-order valence-electron chi connectivity index (χ3n) is 4.61. The predicted molar refractivity (Wildman–Crippen MR) is 108 cm³/mol. The average molecular weight is 374 g/mol. The lowest BCUT2D eigenvalue weighted by Gasteiger charge is -2.18. The largest absolute Gasteiger partial charge is 0.356 e. The summed E-state index contributed by atoms with van der Waals surface area (Å²) in [6, 6.07) is 8.55. The van der Waals surface area contributed by atoms with E-state index >= 15 is 0 Å². The molecule has 1 aliphatic rings. The van der Waals surface area contributed by atoms with Gasteiger partial charge in [0.15, 0.2) is 5.96 Å². The normalized spacial score (nSPS) is 17.7. The summed E-state index contributed by atoms with van der Waals surface area (Å²) >= 11 is 1.77. The number of amides is 1. The number of nitrogens with one attached hydrogen (secondary N) is 2. The van der Waals surface area contributed by atoms with Crippen molar-refractivity contribution in [3.05, 3.63) is 29.3 Å². The van der Waals surface area contributed by atoms with Crippen LogP contribution in [0.3, 0.4) is 0 Å². The summed E-state index contributed by atoms with van der Waals surface area (Å²) in [4.78, 5) is 22.7. The third-order valence-corrected chi connectivity index (χ3v) is 5.70. The highest BCUT2D eigenvalue weighted by Crippen LogP contribution is 2.22. The second-order valence-electron chi connectivity index (χ2n) is 6.50. The molecular formula is C19H27N5OS. The molecule has 140 valence electrons. The monoisotopic (exact) mass is 373 g/mol. The van der Waals surface area contributed by atoms with Gasteiger partial charge in [0.25, 0.3) is 0 Å². The molecular weight excluding hydrogens is 346 g/mol. The number of aryl methyl sites for hydroxylation is 1. The van der Waals surface area contributed by atoms with Crippen molar-refractivity contribution in [2.24, 2.45) is 4.99 Å². The maximum atomic E-state index is 11.8. The van der Waals surface area contributed by atoms with Crippen molar-refractivity contribution < 1.29 is 4.79 Å². The number of guanidine groups is 1. The molecule has 1 saturated heterocycles. The summed E-state index contributed by atoms with van der Waals surface area (Å²) < 4.78 is 1.25. The average Bonchev–Trinajstić information content (AvgIpc) is 3.29. The van der Waals surface area contributed by atoms with Crippen molar-refractivity contribution in [3.63, 3.8) is 0 Å². The zero-order valence-corrected chi connectivity index (χ0v) is 16.3. The van der Waals surface area contributed by atoms with Crippen LogP contribution in [-0.4, -0.2) is 54.5 Å². The van der Waals surface area contributed by atoms with Crippen molar-refractivity contribution >= 4 is 33.4 Å². The SMILES string of the molecule is CCC(=O)N1CCC(NC(=NC)NCCCc2nc3ccccc3s2)C1. The van der Waals surface area contributed by atoms with Crippen LogP contribution in [0.2, 0.25) is 0 Å². The molecule has 1 atom stereocenters. The van der Waals surface area contributed by atoms with Gasteiger partial charge in [-0.15, -0.1) is 11.3 Å². The number of rotatable bonds is 6. The van der Waals surface area contributed by atoms with E-state index in [4.69, 9.17) is 0 Å². The molecule has 6 nitrogen and oxygen atoms in total. The lowest BCUT2D eigenvalue weighted by atomic mass is 10.2. The van der Waals surface area contributed by atoms with Gasteiger partial charge in [0.1, 0.15) is 0 Å². The first-order valence-electron chi connectivity index (χ1n) is 9.29. The molecule has 0 aliphatic carbocycles. The first-order chi connectivity index (χ1) is 12.7. The van der Waals surface area contributed by atoms with Gasteiger partial charge in [-0.3, -0.25) is 9.79 Å². The van der Waals surface area contributed by atoms with E-state index in [2.05, 4.69) is 38.8 Å². The maximum Gasteiger partial charge on any atom is 0.222 e. The zero-order chi connectivity index (χ0) is 18.4. The molecule has 2 aromatic rings. The van der Waals surface area contributed by atoms with E-state index in [0.717, 1.165) is 50.4 Å². The Balaban J connectivity index is 1.40. The molecule has 0 saturated carbocycles. The predicted octanol–water partition coefficient (Wildman–Crippen LogP) is 2.40. The fraction of sp³-hybridized carbons (Fsp3) is 0.526. The Hall–Kier alpha value is -2.15. The van der Waals surface area contributed by atoms with E-state index in [1.807, 2.05) is 17.9 Å². The van der Waals surface area contributed by atoms with Gasteiger partial charge in [0, 0.05) is 45.6 Å². The number of hydrogen-bond acceptors (Lipinski definition) is 4. The van der Waals surface area contributed by atoms with Gasteiger partial charge < -0.3 is 15.5 Å². The number of likely N-dealkylation sites (tertiary alicyclic amines) is 1. The van der Waals surface area contributed by atoms with E-state index in [9.17, 15) is 4.79 Å². The van der Waals surface area contributed by atoms with Gasteiger partial charge in [0.2, 0.25) is 5.91 Å². The van der Waals surface area contributed by atoms with E-state index in [1.165, 1.54) is 9.71 Å². The molecule has 1 unspecified atom stereocenters. The maximum absolute atomic E-state index is 11.8. The van der Waals surface area contributed by atoms with Crippen LogP contribution in [0.5, 0.6) is 0 Å². The van der Waals surface area contributed by atoms with Crippen molar-refractivity contribution in [1.82, 2.24) is 20.5 Å². The number of carbonyl (C=O) groups excluding carboxylic acids is 1. The van der Waals surface area contributed by atoms with Gasteiger partial charge >= 0.3 is 0 Å². The van der Waals surface area contributed by atoms with E-state index in [-0.39, 0.29) is 11.9 Å². The van der Waals surface area contributed by atoms with Gasteiger partial charge in [-0.05, 0) is 25.0 Å². The standard InChI is InChI=1S/C19H27N5OS/c1-3-18(25)24-12-10-14(13-24)22-19(20-2)21-11-6-9-17-23-15-7-4-5-8-16(15)26-17/h4-5,7-8,14H,3,6,9-13H2,1-2H3,(H2,20,21,22). The van der Waals surface area contributed by atoms with Crippen LogP contribution in [0.4, 0.5) is 0 Å². The molecule has 26 heavy (non-hydrogen) atoms. The number of fused-ring (bicyclic) bond motifs is 1. The number of benzene rings is 1. The van der Waals surface area contributed by atoms with Crippen molar-refractivity contribution in [2.45, 2.75) is 38.6 Å². The quantitative estimate of drug-likeness (QED) is 0.463. The Labute approximate surface area is 158 Å². The molecule has 0 bridgehead atoms. The lowest BCUT2D eigenvalue weighted by molar-refractivity contribution is -0.129. The molecule has 3 rings (SSSR count). The summed E-state index contributed by atoms with van der Waals surface area (Å²) in [6.07, 6.45) is 3.51. The van der Waals surface area contributed by atoms with Gasteiger partial charge in [-0.25, -0.2) is 4.98 Å². The molecule has 2 heterocycles. The van der Waals surface area contributed by atoms with Crippen LogP contribution in [0.1, 0.15) is 31.2 Å². The first kappa shape index (κ1) is 18.6. The second-order valence-corrected chi connectivity index (χ2v) is 7.62. The van der Waals surface area contributed by atoms with Gasteiger partial charge in [0.05, 0.1) is 15.2 Å². The minimum Gasteiger partial charge on any atom is -0.356 e. The first-order valence-corrected chi connectivity index (χ1v) is 10.1. The molecule has 7 heteroatoms. The van der Waals surface area contributed by atoms with E-state index in [1.54, 1.807) is 18.4 Å². The van der Waals surface area contributed by atoms with Gasteiger partial charge in [-0.1, -0.05) is 19.1 Å². The van der Waals surface area contributed by atoms with E-state index in [0.29, 0.717) is 6.42 Å². The highest BCUT2D eigenvalue weighted by Gasteiger charge is 2.25. The summed E-state index contributed by atoms with van der Waals surface area (Å²) in [5.41, 5.74) is 1.09. The van der Waals surface area contributed by atoms with Crippen LogP contribution >= 0.6 is 11.3 Å². The third kappa shape index (κ3) is 4.72. The lowest BCUT2D eigenvalue weighted by Crippen LogP contribution is -2.45. The van der Waals surface area contributed by atoms with Crippen LogP contribution < -0.4 is 10.6 Å². The molecule has 1 aliphatic heterocycles. The number of aliphatic imine (C=N–C) groups is 1. The summed E-state index contributed by atoms with van der Waals surface area (Å²) in [7, 11) is 1.78. The number of aromatic nitrogens is 1. The minimum absolute atomic E-state index is 0.230. The second kappa shape index (κ2) is 8.98. The summed E-state index contributed by atoms with van der Waals surface area (Å²) in [6.45, 7) is 4.35. The zero-order valence-electron chi connectivity index (χ0n) is 15.5. The highest BCUT2D eigenvalue weighted by atomic mass is 32.1. The Morgan fingerprint density at radius 3 is 3.04 bits per heavy atom. The number of para-hydroxylation sites is 1. The van der Waals surface area contributed by atoms with E-state index < -0.39 is 0 Å². The molecule has 1 aromatic heterocycles. The minimum atomic E-state index is 0.230. The van der Waals surface area contributed by atoms with Crippen molar-refractivity contribution in [2.75, 3.05) is 26.7 Å². The fourth-order valence-corrected chi connectivity index (χ4v) is 4.20. The molecule has 0 radical (unpaired) electrons. The summed E-state index contributed by atoms with van der Waals surface area (Å²) in [5.74, 6) is 1.04.